The van der Waals surface area contributed by atoms with Gasteiger partial charge >= 0.3 is 0 Å². The summed E-state index contributed by atoms with van der Waals surface area (Å²) in [6, 6.07) is 2.55. The van der Waals surface area contributed by atoms with Crippen molar-refractivity contribution in [3.8, 4) is 0 Å². The maximum atomic E-state index is 6.42. The van der Waals surface area contributed by atoms with Crippen LogP contribution in [-0.2, 0) is 0 Å². The van der Waals surface area contributed by atoms with Crippen molar-refractivity contribution in [3.63, 3.8) is 0 Å². The third-order valence-electron chi connectivity index (χ3n) is 5.11. The van der Waals surface area contributed by atoms with Gasteiger partial charge in [0.15, 0.2) is 0 Å². The number of hydrogen-bond acceptors (Lipinski definition) is 2. The van der Waals surface area contributed by atoms with Crippen LogP contribution in [0.1, 0.15) is 66.2 Å². The maximum absolute atomic E-state index is 6.42. The van der Waals surface area contributed by atoms with Crippen molar-refractivity contribution in [3.05, 3.63) is 0 Å². The summed E-state index contributed by atoms with van der Waals surface area (Å²) >= 11 is 0. The van der Waals surface area contributed by atoms with Crippen LogP contribution in [-0.4, -0.2) is 29.1 Å². The largest absolute Gasteiger partial charge is 0.326 e. The minimum absolute atomic E-state index is 0.401. The van der Waals surface area contributed by atoms with E-state index in [0.717, 1.165) is 12.1 Å². The van der Waals surface area contributed by atoms with E-state index in [-0.39, 0.29) is 0 Å². The molecule has 1 aliphatic heterocycles. The number of hydrogen-bond donors (Lipinski definition) is 1. The van der Waals surface area contributed by atoms with E-state index in [1.165, 1.54) is 38.5 Å². The summed E-state index contributed by atoms with van der Waals surface area (Å²) in [6.07, 6.45) is 7.81. The molecule has 1 heterocycles. The number of nitrogens with two attached hydrogens (primary N) is 1. The van der Waals surface area contributed by atoms with Crippen molar-refractivity contribution in [2.45, 2.75) is 90.4 Å². The van der Waals surface area contributed by atoms with Gasteiger partial charge in [0, 0.05) is 24.2 Å². The van der Waals surface area contributed by atoms with Gasteiger partial charge in [0.25, 0.3) is 0 Å². The number of rotatable bonds is 2. The first-order chi connectivity index (χ1) is 7.94. The van der Waals surface area contributed by atoms with E-state index in [2.05, 4.69) is 32.6 Å². The summed E-state index contributed by atoms with van der Waals surface area (Å²) in [5, 5.41) is 0. The molecule has 0 aromatic heterocycles. The average Bonchev–Trinajstić information content (AvgIpc) is 2.63. The monoisotopic (exact) mass is 238 g/mol. The van der Waals surface area contributed by atoms with Gasteiger partial charge in [0.1, 0.15) is 0 Å². The Morgan fingerprint density at radius 1 is 1.24 bits per heavy atom. The SMILES string of the molecule is CCC1CCC(C)N1C1CC(C)(C)CCC1N. The fourth-order valence-electron chi connectivity index (χ4n) is 4.00. The summed E-state index contributed by atoms with van der Waals surface area (Å²) < 4.78 is 0. The molecule has 2 fully saturated rings. The van der Waals surface area contributed by atoms with Crippen LogP contribution in [0.5, 0.6) is 0 Å². The van der Waals surface area contributed by atoms with Gasteiger partial charge in [-0.15, -0.1) is 0 Å². The highest BCUT2D eigenvalue weighted by Crippen LogP contribution is 2.40. The standard InChI is InChI=1S/C15H30N2/c1-5-12-7-6-11(2)17(12)14-10-15(3,4)9-8-13(14)16/h11-14H,5-10,16H2,1-4H3. The molecule has 17 heavy (non-hydrogen) atoms. The third kappa shape index (κ3) is 2.68. The van der Waals surface area contributed by atoms with E-state index in [9.17, 15) is 0 Å². The minimum atomic E-state index is 0.401. The second kappa shape index (κ2) is 4.89. The quantitative estimate of drug-likeness (QED) is 0.800. The van der Waals surface area contributed by atoms with E-state index in [4.69, 9.17) is 5.73 Å². The lowest BCUT2D eigenvalue weighted by Gasteiger charge is -2.47. The number of likely N-dealkylation sites (tertiary alicyclic amines) is 1. The molecule has 4 unspecified atom stereocenters. The van der Waals surface area contributed by atoms with E-state index in [1.54, 1.807) is 0 Å². The zero-order chi connectivity index (χ0) is 12.6. The Morgan fingerprint density at radius 3 is 2.59 bits per heavy atom. The molecular weight excluding hydrogens is 208 g/mol. The van der Waals surface area contributed by atoms with Gasteiger partial charge < -0.3 is 5.73 Å². The third-order valence-corrected chi connectivity index (χ3v) is 5.11. The van der Waals surface area contributed by atoms with Gasteiger partial charge in [-0.1, -0.05) is 20.8 Å². The molecule has 1 saturated heterocycles. The van der Waals surface area contributed by atoms with E-state index >= 15 is 0 Å². The summed E-state index contributed by atoms with van der Waals surface area (Å²) in [4.78, 5) is 2.77. The molecule has 0 spiro atoms. The number of nitrogens with zero attached hydrogens (tertiary/aromatic N) is 1. The molecule has 1 saturated carbocycles. The van der Waals surface area contributed by atoms with Gasteiger partial charge in [-0.25, -0.2) is 0 Å². The molecular formula is C15H30N2. The molecule has 0 bridgehead atoms. The van der Waals surface area contributed by atoms with E-state index < -0.39 is 0 Å². The lowest BCUT2D eigenvalue weighted by Crippen LogP contribution is -2.56. The van der Waals surface area contributed by atoms with Gasteiger partial charge in [-0.2, -0.15) is 0 Å². The molecule has 2 rings (SSSR count). The zero-order valence-corrected chi connectivity index (χ0v) is 12.1. The summed E-state index contributed by atoms with van der Waals surface area (Å²) in [6.45, 7) is 9.54. The lowest BCUT2D eigenvalue weighted by molar-refractivity contribution is 0.0452. The lowest BCUT2D eigenvalue weighted by atomic mass is 9.72. The van der Waals surface area contributed by atoms with Crippen LogP contribution in [0.25, 0.3) is 0 Å². The van der Waals surface area contributed by atoms with Crippen molar-refractivity contribution in [2.24, 2.45) is 11.1 Å². The fraction of sp³-hybridized carbons (Fsp3) is 1.00. The Kier molecular flexibility index (Phi) is 3.84. The summed E-state index contributed by atoms with van der Waals surface area (Å²) in [5.74, 6) is 0. The minimum Gasteiger partial charge on any atom is -0.326 e. The van der Waals surface area contributed by atoms with Crippen LogP contribution in [0.3, 0.4) is 0 Å². The van der Waals surface area contributed by atoms with Crippen LogP contribution >= 0.6 is 0 Å². The molecule has 0 amide bonds. The fourth-order valence-corrected chi connectivity index (χ4v) is 4.00. The Morgan fingerprint density at radius 2 is 1.94 bits per heavy atom. The molecule has 2 aliphatic rings. The molecule has 0 aromatic rings. The molecule has 2 heteroatoms. The first-order valence-corrected chi connectivity index (χ1v) is 7.47. The Balaban J connectivity index is 2.13. The normalized spacial score (nSPS) is 42.9. The van der Waals surface area contributed by atoms with Crippen LogP contribution in [0, 0.1) is 5.41 Å². The maximum Gasteiger partial charge on any atom is 0.0258 e. The van der Waals surface area contributed by atoms with Crippen LogP contribution in [0.2, 0.25) is 0 Å². The molecule has 2 N–H and O–H groups in total. The smallest absolute Gasteiger partial charge is 0.0258 e. The summed E-state index contributed by atoms with van der Waals surface area (Å²) in [5.41, 5.74) is 6.90. The molecule has 1 aliphatic carbocycles. The Bertz CT molecular complexity index is 262. The average molecular weight is 238 g/mol. The van der Waals surface area contributed by atoms with Gasteiger partial charge in [-0.05, 0) is 50.9 Å². The molecule has 100 valence electrons. The van der Waals surface area contributed by atoms with Crippen molar-refractivity contribution in [1.82, 2.24) is 4.90 Å². The van der Waals surface area contributed by atoms with Crippen molar-refractivity contribution < 1.29 is 0 Å². The first kappa shape index (κ1) is 13.4. The molecule has 4 atom stereocenters. The highest BCUT2D eigenvalue weighted by molar-refractivity contribution is 4.98. The zero-order valence-electron chi connectivity index (χ0n) is 12.1. The van der Waals surface area contributed by atoms with Crippen LogP contribution < -0.4 is 5.73 Å². The van der Waals surface area contributed by atoms with E-state index in [0.29, 0.717) is 17.5 Å². The second-order valence-electron chi connectivity index (χ2n) is 7.07. The van der Waals surface area contributed by atoms with Crippen molar-refractivity contribution in [2.75, 3.05) is 0 Å². The van der Waals surface area contributed by atoms with Gasteiger partial charge in [0.05, 0.1) is 0 Å². The summed E-state index contributed by atoms with van der Waals surface area (Å²) in [7, 11) is 0. The molecule has 2 nitrogen and oxygen atoms in total. The highest BCUT2D eigenvalue weighted by atomic mass is 15.2. The highest BCUT2D eigenvalue weighted by Gasteiger charge is 2.42. The first-order valence-electron chi connectivity index (χ1n) is 7.47. The Labute approximate surface area is 107 Å². The molecule has 0 aromatic carbocycles. The topological polar surface area (TPSA) is 29.3 Å². The van der Waals surface area contributed by atoms with Crippen molar-refractivity contribution in [1.29, 1.82) is 0 Å². The predicted octanol–water partition coefficient (Wildman–Crippen LogP) is 3.16. The predicted molar refractivity (Wildman–Crippen MR) is 74.0 cm³/mol. The molecule has 0 radical (unpaired) electrons. The Hall–Kier alpha value is -0.0800. The van der Waals surface area contributed by atoms with Crippen LogP contribution in [0.4, 0.5) is 0 Å². The van der Waals surface area contributed by atoms with E-state index in [1.807, 2.05) is 0 Å². The van der Waals surface area contributed by atoms with Crippen LogP contribution in [0.15, 0.2) is 0 Å². The van der Waals surface area contributed by atoms with Gasteiger partial charge in [0.2, 0.25) is 0 Å². The van der Waals surface area contributed by atoms with Gasteiger partial charge in [-0.3, -0.25) is 4.90 Å². The second-order valence-corrected chi connectivity index (χ2v) is 7.07. The van der Waals surface area contributed by atoms with Crippen molar-refractivity contribution >= 4 is 0 Å².